The third-order valence-electron chi connectivity index (χ3n) is 4.73. The Morgan fingerprint density at radius 1 is 1.06 bits per heavy atom. The summed E-state index contributed by atoms with van der Waals surface area (Å²) >= 11 is 4.92. The van der Waals surface area contributed by atoms with E-state index in [0.717, 1.165) is 18.3 Å². The van der Waals surface area contributed by atoms with Gasteiger partial charge in [0.15, 0.2) is 0 Å². The summed E-state index contributed by atoms with van der Waals surface area (Å²) in [5.74, 6) is 0. The number of nitrogens with two attached hydrogens (primary N) is 1. The highest BCUT2D eigenvalue weighted by atomic mass is 32.1. The smallest absolute Gasteiger partial charge is 0.0727 e. The molecule has 2 nitrogen and oxygen atoms in total. The summed E-state index contributed by atoms with van der Waals surface area (Å²) in [7, 11) is 0. The van der Waals surface area contributed by atoms with Crippen molar-refractivity contribution in [2.45, 2.75) is 57.8 Å². The highest BCUT2D eigenvalue weighted by Gasteiger charge is 2.35. The summed E-state index contributed by atoms with van der Waals surface area (Å²) in [4.78, 5) is 3.28. The lowest BCUT2D eigenvalue weighted by Crippen LogP contribution is -2.41. The first-order valence-electron chi connectivity index (χ1n) is 7.21. The number of thiocarbonyl (C=S) groups is 1. The van der Waals surface area contributed by atoms with Gasteiger partial charge in [0.2, 0.25) is 0 Å². The minimum atomic E-state index is 0.672. The van der Waals surface area contributed by atoms with Crippen molar-refractivity contribution in [1.29, 1.82) is 0 Å². The number of rotatable bonds is 4. The summed E-state index contributed by atoms with van der Waals surface area (Å²) < 4.78 is 0. The molecule has 0 aromatic carbocycles. The first kappa shape index (κ1) is 13.3. The van der Waals surface area contributed by atoms with E-state index in [2.05, 4.69) is 4.90 Å². The van der Waals surface area contributed by atoms with Gasteiger partial charge in [0.1, 0.15) is 0 Å². The van der Waals surface area contributed by atoms with Gasteiger partial charge in [-0.05, 0) is 63.6 Å². The number of hydrogen-bond acceptors (Lipinski definition) is 2. The molecule has 3 heteroatoms. The van der Waals surface area contributed by atoms with Gasteiger partial charge in [-0.2, -0.15) is 0 Å². The van der Waals surface area contributed by atoms with E-state index in [1.807, 2.05) is 0 Å². The van der Waals surface area contributed by atoms with E-state index in [1.54, 1.807) is 0 Å². The van der Waals surface area contributed by atoms with Crippen LogP contribution < -0.4 is 5.73 Å². The molecule has 1 aliphatic carbocycles. The van der Waals surface area contributed by atoms with Gasteiger partial charge < -0.3 is 10.6 Å². The fourth-order valence-corrected chi connectivity index (χ4v) is 3.67. The number of hydrogen-bond donors (Lipinski definition) is 1. The van der Waals surface area contributed by atoms with Crippen molar-refractivity contribution in [3.63, 3.8) is 0 Å². The molecule has 0 aromatic heterocycles. The Labute approximate surface area is 111 Å². The topological polar surface area (TPSA) is 29.3 Å². The molecule has 2 fully saturated rings. The molecule has 2 aliphatic rings. The van der Waals surface area contributed by atoms with Crippen molar-refractivity contribution < 1.29 is 0 Å². The van der Waals surface area contributed by atoms with Crippen molar-refractivity contribution in [3.05, 3.63) is 0 Å². The van der Waals surface area contributed by atoms with Crippen LogP contribution in [0.25, 0.3) is 0 Å². The Kier molecular flexibility index (Phi) is 4.80. The summed E-state index contributed by atoms with van der Waals surface area (Å²) in [6.45, 7) is 3.79. The van der Waals surface area contributed by atoms with Gasteiger partial charge >= 0.3 is 0 Å². The molecule has 0 atom stereocenters. The van der Waals surface area contributed by atoms with Crippen molar-refractivity contribution in [1.82, 2.24) is 4.90 Å². The van der Waals surface area contributed by atoms with Crippen molar-refractivity contribution in [2.75, 3.05) is 19.6 Å². The molecular formula is C14H26N2S. The third-order valence-corrected chi connectivity index (χ3v) is 4.93. The summed E-state index contributed by atoms with van der Waals surface area (Å²) in [5.41, 5.74) is 6.27. The average molecular weight is 254 g/mol. The largest absolute Gasteiger partial charge is 0.393 e. The maximum Gasteiger partial charge on any atom is 0.0727 e. The molecule has 2 N–H and O–H groups in total. The Balaban J connectivity index is 1.68. The van der Waals surface area contributed by atoms with Gasteiger partial charge in [0.25, 0.3) is 0 Å². The number of piperidine rings is 1. The summed E-state index contributed by atoms with van der Waals surface area (Å²) in [6.07, 6.45) is 12.3. The lowest BCUT2D eigenvalue weighted by atomic mass is 9.68. The van der Waals surface area contributed by atoms with Crippen LogP contribution in [0, 0.1) is 5.41 Å². The zero-order valence-electron chi connectivity index (χ0n) is 10.9. The molecule has 0 aromatic rings. The fourth-order valence-electron chi connectivity index (χ4n) is 3.53. The van der Waals surface area contributed by atoms with Gasteiger partial charge in [0.05, 0.1) is 4.99 Å². The van der Waals surface area contributed by atoms with E-state index >= 15 is 0 Å². The molecule has 98 valence electrons. The molecule has 1 heterocycles. The molecule has 1 saturated carbocycles. The number of nitrogens with zero attached hydrogens (tertiary/aromatic N) is 1. The normalized spacial score (nSPS) is 24.9. The summed E-state index contributed by atoms with van der Waals surface area (Å²) in [5, 5.41) is 0. The predicted octanol–water partition coefficient (Wildman–Crippen LogP) is 3.10. The van der Waals surface area contributed by atoms with Gasteiger partial charge in [0, 0.05) is 0 Å². The molecule has 0 amide bonds. The Morgan fingerprint density at radius 2 is 1.71 bits per heavy atom. The van der Waals surface area contributed by atoms with Crippen LogP contribution in [-0.4, -0.2) is 29.5 Å². The van der Waals surface area contributed by atoms with E-state index in [1.165, 1.54) is 64.6 Å². The molecule has 17 heavy (non-hydrogen) atoms. The van der Waals surface area contributed by atoms with Crippen LogP contribution in [0.4, 0.5) is 0 Å². The lowest BCUT2D eigenvalue weighted by Gasteiger charge is -2.44. The first-order valence-corrected chi connectivity index (χ1v) is 7.62. The van der Waals surface area contributed by atoms with Crippen LogP contribution in [0.1, 0.15) is 57.8 Å². The maximum absolute atomic E-state index is 5.53. The highest BCUT2D eigenvalue weighted by Crippen LogP contribution is 2.44. The van der Waals surface area contributed by atoms with Gasteiger partial charge in [-0.15, -0.1) is 0 Å². The molecule has 2 rings (SSSR count). The Hall–Kier alpha value is -0.150. The van der Waals surface area contributed by atoms with Gasteiger partial charge in [-0.25, -0.2) is 0 Å². The fraction of sp³-hybridized carbons (Fsp3) is 0.929. The SMILES string of the molecule is NC(=S)CCCN1CCC2(CCCCC2)CC1. The molecule has 0 unspecified atom stereocenters. The molecule has 0 radical (unpaired) electrons. The minimum Gasteiger partial charge on any atom is -0.393 e. The zero-order chi connectivity index (χ0) is 12.1. The van der Waals surface area contributed by atoms with Crippen LogP contribution in [0.5, 0.6) is 0 Å². The standard InChI is InChI=1S/C14H26N2S/c15-13(17)5-4-10-16-11-8-14(9-12-16)6-2-1-3-7-14/h1-12H2,(H2,15,17). The quantitative estimate of drug-likeness (QED) is 0.782. The average Bonchev–Trinajstić information content (AvgIpc) is 2.33. The molecule has 1 aliphatic heterocycles. The van der Waals surface area contributed by atoms with Crippen LogP contribution >= 0.6 is 12.2 Å². The van der Waals surface area contributed by atoms with Crippen molar-refractivity contribution >= 4 is 17.2 Å². The molecule has 0 bridgehead atoms. The predicted molar refractivity (Wildman–Crippen MR) is 77.2 cm³/mol. The van der Waals surface area contributed by atoms with Crippen LogP contribution in [0.3, 0.4) is 0 Å². The monoisotopic (exact) mass is 254 g/mol. The second kappa shape index (κ2) is 6.14. The van der Waals surface area contributed by atoms with E-state index < -0.39 is 0 Å². The Bertz CT molecular complexity index is 249. The van der Waals surface area contributed by atoms with E-state index in [4.69, 9.17) is 18.0 Å². The molecule has 1 saturated heterocycles. The van der Waals surface area contributed by atoms with Crippen molar-refractivity contribution in [2.24, 2.45) is 11.1 Å². The maximum atomic E-state index is 5.53. The van der Waals surface area contributed by atoms with Crippen LogP contribution in [0.15, 0.2) is 0 Å². The zero-order valence-corrected chi connectivity index (χ0v) is 11.7. The van der Waals surface area contributed by atoms with Crippen LogP contribution in [-0.2, 0) is 0 Å². The van der Waals surface area contributed by atoms with E-state index in [9.17, 15) is 0 Å². The van der Waals surface area contributed by atoms with Crippen LogP contribution in [0.2, 0.25) is 0 Å². The van der Waals surface area contributed by atoms with Gasteiger partial charge in [-0.1, -0.05) is 31.5 Å². The number of likely N-dealkylation sites (tertiary alicyclic amines) is 1. The minimum absolute atomic E-state index is 0.672. The second-order valence-corrected chi connectivity index (χ2v) is 6.50. The van der Waals surface area contributed by atoms with E-state index in [0.29, 0.717) is 4.99 Å². The summed E-state index contributed by atoms with van der Waals surface area (Å²) in [6, 6.07) is 0. The Morgan fingerprint density at radius 3 is 2.29 bits per heavy atom. The van der Waals surface area contributed by atoms with Gasteiger partial charge in [-0.3, -0.25) is 0 Å². The van der Waals surface area contributed by atoms with Crippen molar-refractivity contribution in [3.8, 4) is 0 Å². The molecule has 1 spiro atoms. The highest BCUT2D eigenvalue weighted by molar-refractivity contribution is 7.80. The second-order valence-electron chi connectivity index (χ2n) is 5.97. The molecular weight excluding hydrogens is 228 g/mol. The third kappa shape index (κ3) is 3.92. The first-order chi connectivity index (χ1) is 8.20. The lowest BCUT2D eigenvalue weighted by molar-refractivity contribution is 0.0676. The van der Waals surface area contributed by atoms with E-state index in [-0.39, 0.29) is 0 Å².